The first-order valence-electron chi connectivity index (χ1n) is 7.62. The summed E-state index contributed by atoms with van der Waals surface area (Å²) >= 11 is 17.7. The van der Waals surface area contributed by atoms with E-state index < -0.39 is 0 Å². The second kappa shape index (κ2) is 9.78. The summed E-state index contributed by atoms with van der Waals surface area (Å²) in [6.07, 6.45) is 1.55. The molecule has 0 N–H and O–H groups in total. The van der Waals surface area contributed by atoms with Crippen molar-refractivity contribution in [2.75, 3.05) is 14.1 Å². The molecule has 0 aliphatic rings. The smallest absolute Gasteiger partial charge is 0.264 e. The van der Waals surface area contributed by atoms with Crippen molar-refractivity contribution < 1.29 is 9.53 Å². The number of halogens is 4. The lowest BCUT2D eigenvalue weighted by atomic mass is 10.1. The molecule has 0 spiro atoms. The van der Waals surface area contributed by atoms with Crippen LogP contribution < -0.4 is 4.74 Å². The summed E-state index contributed by atoms with van der Waals surface area (Å²) in [5.41, 5.74) is 1.59. The molecule has 0 aliphatic carbocycles. The summed E-state index contributed by atoms with van der Waals surface area (Å²) in [6.45, 7) is 0.280. The minimum absolute atomic E-state index is 0.0596. The fourth-order valence-electron chi connectivity index (χ4n) is 2.14. The summed E-state index contributed by atoms with van der Waals surface area (Å²) in [4.78, 5) is 13.4. The van der Waals surface area contributed by atoms with Crippen LogP contribution in [0.2, 0.25) is 10.0 Å². The van der Waals surface area contributed by atoms with Gasteiger partial charge in [0.2, 0.25) is 0 Å². The van der Waals surface area contributed by atoms with Crippen molar-refractivity contribution in [1.82, 2.24) is 4.90 Å². The normalized spacial score (nSPS) is 11.1. The number of nitriles is 1. The first-order chi connectivity index (χ1) is 12.7. The van der Waals surface area contributed by atoms with E-state index >= 15 is 0 Å². The van der Waals surface area contributed by atoms with Crippen molar-refractivity contribution in [1.29, 1.82) is 5.26 Å². The molecule has 0 aromatic heterocycles. The summed E-state index contributed by atoms with van der Waals surface area (Å²) in [6, 6.07) is 10.8. The van der Waals surface area contributed by atoms with E-state index in [1.54, 1.807) is 38.4 Å². The third-order valence-corrected chi connectivity index (χ3v) is 5.45. The zero-order valence-corrected chi connectivity index (χ0v) is 19.6. The minimum Gasteiger partial charge on any atom is -0.487 e. The largest absolute Gasteiger partial charge is 0.487 e. The zero-order chi connectivity index (χ0) is 20.1. The van der Waals surface area contributed by atoms with Crippen molar-refractivity contribution in [2.45, 2.75) is 6.61 Å². The van der Waals surface area contributed by atoms with Gasteiger partial charge in [0, 0.05) is 29.7 Å². The Kier molecular flexibility index (Phi) is 7.98. The fourth-order valence-corrected chi connectivity index (χ4v) is 4.37. The molecule has 8 heteroatoms. The molecule has 0 fully saturated rings. The lowest BCUT2D eigenvalue weighted by Crippen LogP contribution is -2.22. The van der Waals surface area contributed by atoms with Crippen LogP contribution >= 0.6 is 61.7 Å². The molecule has 0 saturated heterocycles. The molecule has 2 aromatic carbocycles. The number of carbonyl (C=O) groups is 1. The van der Waals surface area contributed by atoms with Gasteiger partial charge >= 0.3 is 0 Å². The van der Waals surface area contributed by atoms with Gasteiger partial charge in [-0.05, 0) is 74.4 Å². The van der Waals surface area contributed by atoms with E-state index in [9.17, 15) is 10.1 Å². The second-order valence-corrected chi connectivity index (χ2v) is 8.57. The van der Waals surface area contributed by atoms with Crippen LogP contribution in [0.25, 0.3) is 6.08 Å². The van der Waals surface area contributed by atoms with Crippen LogP contribution in [0.3, 0.4) is 0 Å². The zero-order valence-electron chi connectivity index (χ0n) is 14.4. The number of hydrogen-bond acceptors (Lipinski definition) is 3. The topological polar surface area (TPSA) is 53.3 Å². The van der Waals surface area contributed by atoms with Gasteiger partial charge in [0.15, 0.2) is 0 Å². The van der Waals surface area contributed by atoms with Crippen LogP contribution in [0.15, 0.2) is 40.4 Å². The Morgan fingerprint density at radius 2 is 2.04 bits per heavy atom. The van der Waals surface area contributed by atoms with Gasteiger partial charge in [-0.15, -0.1) is 0 Å². The summed E-state index contributed by atoms with van der Waals surface area (Å²) in [7, 11) is 3.21. The van der Waals surface area contributed by atoms with Crippen LogP contribution in [0.4, 0.5) is 0 Å². The number of rotatable bonds is 5. The third-order valence-electron chi connectivity index (χ3n) is 3.48. The van der Waals surface area contributed by atoms with Gasteiger partial charge in [-0.1, -0.05) is 29.3 Å². The Balaban J connectivity index is 2.26. The number of ether oxygens (including phenoxy) is 1. The Labute approximate surface area is 190 Å². The average Bonchev–Trinajstić information content (AvgIpc) is 2.59. The van der Waals surface area contributed by atoms with Crippen LogP contribution in [0.1, 0.15) is 11.1 Å². The maximum atomic E-state index is 12.0. The molecule has 0 unspecified atom stereocenters. The van der Waals surface area contributed by atoms with Crippen molar-refractivity contribution >= 4 is 73.7 Å². The first kappa shape index (κ1) is 22.0. The molecule has 0 radical (unpaired) electrons. The molecule has 0 atom stereocenters. The number of benzene rings is 2. The lowest BCUT2D eigenvalue weighted by Gasteiger charge is -2.13. The van der Waals surface area contributed by atoms with E-state index in [2.05, 4.69) is 38.5 Å². The Bertz CT molecular complexity index is 932. The summed E-state index contributed by atoms with van der Waals surface area (Å²) in [5.74, 6) is 0.303. The van der Waals surface area contributed by atoms with Crippen LogP contribution in [0.5, 0.6) is 5.75 Å². The van der Waals surface area contributed by atoms with Crippen molar-refractivity contribution in [3.05, 3.63) is 65.1 Å². The summed E-state index contributed by atoms with van der Waals surface area (Å²) < 4.78 is 7.44. The average molecular weight is 580 g/mol. The Hall–Kier alpha value is -1.27. The summed E-state index contributed by atoms with van der Waals surface area (Å²) in [5, 5.41) is 10.3. The maximum absolute atomic E-state index is 12.0. The Morgan fingerprint density at radius 3 is 2.59 bits per heavy atom. The third kappa shape index (κ3) is 5.85. The van der Waals surface area contributed by atoms with E-state index in [1.165, 1.54) is 4.90 Å². The predicted molar refractivity (Wildman–Crippen MR) is 120 cm³/mol. The van der Waals surface area contributed by atoms with Gasteiger partial charge in [-0.3, -0.25) is 4.79 Å². The lowest BCUT2D eigenvalue weighted by molar-refractivity contribution is -0.124. The highest BCUT2D eigenvalue weighted by molar-refractivity contribution is 14.1. The first-order valence-corrected chi connectivity index (χ1v) is 10.2. The molecular formula is C19H14BrCl2IN2O2. The quantitative estimate of drug-likeness (QED) is 0.250. The van der Waals surface area contributed by atoms with Crippen LogP contribution in [-0.4, -0.2) is 24.9 Å². The number of likely N-dealkylation sites (N-methyl/N-ethyl adjacent to an activating group) is 1. The van der Waals surface area contributed by atoms with E-state index in [0.29, 0.717) is 20.3 Å². The molecule has 2 rings (SSSR count). The minimum atomic E-state index is -0.346. The van der Waals surface area contributed by atoms with Crippen LogP contribution in [-0.2, 0) is 11.4 Å². The number of nitrogens with zero attached hydrogens (tertiary/aromatic N) is 2. The van der Waals surface area contributed by atoms with Gasteiger partial charge in [-0.2, -0.15) is 5.26 Å². The van der Waals surface area contributed by atoms with Gasteiger partial charge in [0.1, 0.15) is 24.0 Å². The molecule has 1 amide bonds. The number of amides is 1. The second-order valence-electron chi connectivity index (χ2n) is 5.71. The van der Waals surface area contributed by atoms with Gasteiger partial charge in [0.05, 0.1) is 8.04 Å². The standard InChI is InChI=1S/C19H14BrCl2IN2O2/c1-25(2)19(26)13(9-24)5-11-6-15(20)18(17(23)7-11)27-10-12-3-4-14(21)8-16(12)22/h3-8H,10H2,1-2H3/b13-5-. The molecule has 4 nitrogen and oxygen atoms in total. The molecule has 140 valence electrons. The molecule has 27 heavy (non-hydrogen) atoms. The van der Waals surface area contributed by atoms with Gasteiger partial charge in [-0.25, -0.2) is 0 Å². The SMILES string of the molecule is CN(C)C(=O)/C(C#N)=C\c1cc(Br)c(OCc2ccc(Cl)cc2Cl)c(I)c1. The fraction of sp³-hybridized carbons (Fsp3) is 0.158. The maximum Gasteiger partial charge on any atom is 0.264 e. The highest BCUT2D eigenvalue weighted by Gasteiger charge is 2.14. The van der Waals surface area contributed by atoms with Crippen molar-refractivity contribution in [3.8, 4) is 11.8 Å². The molecule has 0 saturated carbocycles. The van der Waals surface area contributed by atoms with Crippen molar-refractivity contribution in [3.63, 3.8) is 0 Å². The molecule has 0 heterocycles. The van der Waals surface area contributed by atoms with E-state index in [-0.39, 0.29) is 18.1 Å². The van der Waals surface area contributed by atoms with E-state index in [1.807, 2.05) is 18.2 Å². The van der Waals surface area contributed by atoms with Gasteiger partial charge < -0.3 is 9.64 Å². The Morgan fingerprint density at radius 1 is 1.33 bits per heavy atom. The van der Waals surface area contributed by atoms with Gasteiger partial charge in [0.25, 0.3) is 5.91 Å². The highest BCUT2D eigenvalue weighted by atomic mass is 127. The molecule has 0 aliphatic heterocycles. The molecular weight excluding hydrogens is 566 g/mol. The molecule has 2 aromatic rings. The molecule has 0 bridgehead atoms. The van der Waals surface area contributed by atoms with Crippen molar-refractivity contribution in [2.24, 2.45) is 0 Å². The van der Waals surface area contributed by atoms with E-state index in [0.717, 1.165) is 14.7 Å². The number of hydrogen-bond donors (Lipinski definition) is 0. The predicted octanol–water partition coefficient (Wildman–Crippen LogP) is 5.93. The monoisotopic (exact) mass is 578 g/mol. The highest BCUT2D eigenvalue weighted by Crippen LogP contribution is 2.34. The van der Waals surface area contributed by atoms with Crippen LogP contribution in [0, 0.1) is 14.9 Å². The van der Waals surface area contributed by atoms with E-state index in [4.69, 9.17) is 27.9 Å². The number of carbonyl (C=O) groups excluding carboxylic acids is 1.